The molecule has 0 amide bonds. The Morgan fingerprint density at radius 3 is 3.00 bits per heavy atom. The number of benzene rings is 1. The lowest BCUT2D eigenvalue weighted by Gasteiger charge is -2.41. The number of fused-ring (bicyclic) bond motifs is 1. The maximum absolute atomic E-state index is 6.48. The molecule has 0 spiro atoms. The van der Waals surface area contributed by atoms with Crippen LogP contribution in [0.2, 0.25) is 5.02 Å². The van der Waals surface area contributed by atoms with E-state index in [0.717, 1.165) is 40.8 Å². The zero-order valence-electron chi connectivity index (χ0n) is 11.3. The van der Waals surface area contributed by atoms with Crippen LogP contribution in [0, 0.1) is 5.92 Å². The normalized spacial score (nSPS) is 27.2. The van der Waals surface area contributed by atoms with Gasteiger partial charge in [-0.2, -0.15) is 8.75 Å². The van der Waals surface area contributed by atoms with E-state index in [4.69, 9.17) is 11.6 Å². The molecule has 2 atom stereocenters. The van der Waals surface area contributed by atoms with Gasteiger partial charge in [0.25, 0.3) is 0 Å². The monoisotopic (exact) mass is 308 g/mol. The second kappa shape index (κ2) is 4.83. The minimum Gasteiger partial charge on any atom is -0.363 e. The summed E-state index contributed by atoms with van der Waals surface area (Å²) in [6.45, 7) is 4.26. The molecule has 1 aromatic carbocycles. The van der Waals surface area contributed by atoms with Crippen LogP contribution in [-0.4, -0.2) is 33.9 Å². The van der Waals surface area contributed by atoms with Crippen molar-refractivity contribution in [2.24, 2.45) is 5.92 Å². The minimum atomic E-state index is 0.426. The topological polar surface area (TPSA) is 41.0 Å². The molecule has 4 nitrogen and oxygen atoms in total. The quantitative estimate of drug-likeness (QED) is 0.926. The SMILES string of the molecule is CC1CNC(C2CC2)CN1c1c(Cl)ccc2nsnc12. The standard InChI is InChI=1S/C14H17ClN4S/c1-8-6-16-12(9-2-3-9)7-19(8)14-10(15)4-5-11-13(14)18-20-17-11/h4-5,8-9,12,16H,2-3,6-7H2,1H3. The molecule has 2 aromatic rings. The number of rotatable bonds is 2. The molecule has 1 N–H and O–H groups in total. The number of anilines is 1. The van der Waals surface area contributed by atoms with Crippen molar-refractivity contribution in [2.75, 3.05) is 18.0 Å². The Morgan fingerprint density at radius 2 is 2.20 bits per heavy atom. The molecule has 1 saturated heterocycles. The number of hydrogen-bond acceptors (Lipinski definition) is 5. The number of aromatic nitrogens is 2. The lowest BCUT2D eigenvalue weighted by molar-refractivity contribution is 0.376. The Balaban J connectivity index is 1.75. The van der Waals surface area contributed by atoms with E-state index in [1.165, 1.54) is 24.6 Å². The summed E-state index contributed by atoms with van der Waals surface area (Å²) in [5.41, 5.74) is 2.96. The van der Waals surface area contributed by atoms with E-state index in [2.05, 4.69) is 25.9 Å². The van der Waals surface area contributed by atoms with E-state index < -0.39 is 0 Å². The van der Waals surface area contributed by atoms with E-state index in [1.807, 2.05) is 12.1 Å². The third-order valence-electron chi connectivity index (χ3n) is 4.43. The largest absolute Gasteiger partial charge is 0.363 e. The van der Waals surface area contributed by atoms with Gasteiger partial charge in [0.05, 0.1) is 22.4 Å². The maximum Gasteiger partial charge on any atom is 0.129 e. The molecule has 20 heavy (non-hydrogen) atoms. The van der Waals surface area contributed by atoms with Crippen molar-refractivity contribution < 1.29 is 0 Å². The summed E-state index contributed by atoms with van der Waals surface area (Å²) in [6, 6.07) is 4.91. The predicted molar refractivity (Wildman–Crippen MR) is 83.7 cm³/mol. The van der Waals surface area contributed by atoms with Crippen LogP contribution >= 0.6 is 23.3 Å². The summed E-state index contributed by atoms with van der Waals surface area (Å²) >= 11 is 7.74. The van der Waals surface area contributed by atoms with Gasteiger partial charge >= 0.3 is 0 Å². The summed E-state index contributed by atoms with van der Waals surface area (Å²) in [5, 5.41) is 4.46. The molecule has 106 valence electrons. The van der Waals surface area contributed by atoms with Crippen LogP contribution in [0.15, 0.2) is 12.1 Å². The highest BCUT2D eigenvalue weighted by Crippen LogP contribution is 2.39. The van der Waals surface area contributed by atoms with Crippen LogP contribution in [0.5, 0.6) is 0 Å². The van der Waals surface area contributed by atoms with E-state index in [1.54, 1.807) is 0 Å². The summed E-state index contributed by atoms with van der Waals surface area (Å²) in [5.74, 6) is 0.844. The predicted octanol–water partition coefficient (Wildman–Crippen LogP) is 2.92. The van der Waals surface area contributed by atoms with Gasteiger partial charge in [-0.1, -0.05) is 11.6 Å². The molecular weight excluding hydrogens is 292 g/mol. The van der Waals surface area contributed by atoms with Crippen LogP contribution in [0.1, 0.15) is 19.8 Å². The fourth-order valence-electron chi connectivity index (χ4n) is 3.10. The Morgan fingerprint density at radius 1 is 1.35 bits per heavy atom. The summed E-state index contributed by atoms with van der Waals surface area (Å²) in [4.78, 5) is 2.42. The zero-order valence-corrected chi connectivity index (χ0v) is 12.9. The zero-order chi connectivity index (χ0) is 13.7. The minimum absolute atomic E-state index is 0.426. The van der Waals surface area contributed by atoms with Gasteiger partial charge in [-0.25, -0.2) is 0 Å². The highest BCUT2D eigenvalue weighted by Gasteiger charge is 2.37. The average molecular weight is 309 g/mol. The van der Waals surface area contributed by atoms with Crippen molar-refractivity contribution in [2.45, 2.75) is 31.8 Å². The number of nitrogens with zero attached hydrogens (tertiary/aromatic N) is 3. The summed E-state index contributed by atoms with van der Waals surface area (Å²) < 4.78 is 8.80. The molecule has 0 bridgehead atoms. The van der Waals surface area contributed by atoms with Gasteiger partial charge in [0.1, 0.15) is 11.0 Å². The molecular formula is C14H17ClN4S. The Hall–Kier alpha value is -0.910. The van der Waals surface area contributed by atoms with Crippen LogP contribution in [0.25, 0.3) is 11.0 Å². The molecule has 6 heteroatoms. The highest BCUT2D eigenvalue weighted by atomic mass is 35.5. The van der Waals surface area contributed by atoms with Gasteiger partial charge in [0.15, 0.2) is 0 Å². The van der Waals surface area contributed by atoms with Gasteiger partial charge in [-0.05, 0) is 37.8 Å². The van der Waals surface area contributed by atoms with Crippen molar-refractivity contribution in [3.05, 3.63) is 17.2 Å². The van der Waals surface area contributed by atoms with Crippen LogP contribution < -0.4 is 10.2 Å². The van der Waals surface area contributed by atoms with Crippen molar-refractivity contribution in [1.82, 2.24) is 14.1 Å². The molecule has 1 aliphatic heterocycles. The van der Waals surface area contributed by atoms with Gasteiger partial charge in [-0.15, -0.1) is 0 Å². The van der Waals surface area contributed by atoms with E-state index in [-0.39, 0.29) is 0 Å². The van der Waals surface area contributed by atoms with Crippen LogP contribution in [-0.2, 0) is 0 Å². The number of piperazine rings is 1. The first-order chi connectivity index (χ1) is 9.74. The second-order valence-electron chi connectivity index (χ2n) is 5.88. The van der Waals surface area contributed by atoms with Gasteiger partial charge in [-0.3, -0.25) is 0 Å². The van der Waals surface area contributed by atoms with E-state index in [0.29, 0.717) is 12.1 Å². The summed E-state index contributed by atoms with van der Waals surface area (Å²) in [7, 11) is 0. The molecule has 1 saturated carbocycles. The second-order valence-corrected chi connectivity index (χ2v) is 6.82. The first-order valence-electron chi connectivity index (χ1n) is 7.15. The highest BCUT2D eigenvalue weighted by molar-refractivity contribution is 7.00. The fourth-order valence-corrected chi connectivity index (χ4v) is 3.90. The Labute approximate surface area is 127 Å². The third kappa shape index (κ3) is 2.08. The van der Waals surface area contributed by atoms with Crippen LogP contribution in [0.4, 0.5) is 5.69 Å². The lowest BCUT2D eigenvalue weighted by atomic mass is 10.0. The molecule has 2 heterocycles. The van der Waals surface area contributed by atoms with Crippen LogP contribution in [0.3, 0.4) is 0 Å². The summed E-state index contributed by atoms with van der Waals surface area (Å²) in [6.07, 6.45) is 2.71. The van der Waals surface area contributed by atoms with Crippen molar-refractivity contribution >= 4 is 40.0 Å². The van der Waals surface area contributed by atoms with Gasteiger partial charge in [0.2, 0.25) is 0 Å². The molecule has 0 radical (unpaired) electrons. The van der Waals surface area contributed by atoms with Crippen molar-refractivity contribution in [3.8, 4) is 0 Å². The molecule has 4 rings (SSSR count). The first-order valence-corrected chi connectivity index (χ1v) is 8.25. The van der Waals surface area contributed by atoms with E-state index in [9.17, 15) is 0 Å². The van der Waals surface area contributed by atoms with Crippen molar-refractivity contribution in [3.63, 3.8) is 0 Å². The molecule has 2 fully saturated rings. The maximum atomic E-state index is 6.48. The molecule has 2 aliphatic rings. The smallest absolute Gasteiger partial charge is 0.129 e. The molecule has 1 aliphatic carbocycles. The Kier molecular flexibility index (Phi) is 3.09. The number of halogens is 1. The fraction of sp³-hybridized carbons (Fsp3) is 0.571. The lowest BCUT2D eigenvalue weighted by Crippen LogP contribution is -2.56. The van der Waals surface area contributed by atoms with E-state index >= 15 is 0 Å². The van der Waals surface area contributed by atoms with Crippen molar-refractivity contribution in [1.29, 1.82) is 0 Å². The first kappa shape index (κ1) is 12.8. The average Bonchev–Trinajstić information content (AvgIpc) is 3.18. The number of hydrogen-bond donors (Lipinski definition) is 1. The Bertz CT molecular complexity index is 639. The number of nitrogens with one attached hydrogen (secondary N) is 1. The van der Waals surface area contributed by atoms with Gasteiger partial charge < -0.3 is 10.2 Å². The molecule has 1 aromatic heterocycles. The van der Waals surface area contributed by atoms with Gasteiger partial charge in [0, 0.05) is 25.2 Å². The molecule has 2 unspecified atom stereocenters. The third-order valence-corrected chi connectivity index (χ3v) is 5.28.